The van der Waals surface area contributed by atoms with E-state index >= 15 is 0 Å². The maximum absolute atomic E-state index is 6.21. The van der Waals surface area contributed by atoms with E-state index in [4.69, 9.17) is 23.2 Å². The summed E-state index contributed by atoms with van der Waals surface area (Å²) in [5, 5.41) is 6.53. The summed E-state index contributed by atoms with van der Waals surface area (Å²) in [6, 6.07) is 14.2. The van der Waals surface area contributed by atoms with E-state index in [0.717, 1.165) is 34.9 Å². The molecule has 2 N–H and O–H groups in total. The zero-order valence-corrected chi connectivity index (χ0v) is 14.4. The average Bonchev–Trinajstić information content (AvgIpc) is 2.94. The second-order valence-corrected chi connectivity index (χ2v) is 6.98. The molecule has 0 fully saturated rings. The largest absolute Gasteiger partial charge is 0.356 e. The van der Waals surface area contributed by atoms with Gasteiger partial charge in [-0.3, -0.25) is 0 Å². The number of aromatic amines is 1. The lowest BCUT2D eigenvalue weighted by molar-refractivity contribution is 0.360. The number of hydrogen-bond donors (Lipinski definition) is 2. The maximum atomic E-state index is 6.21. The Balaban J connectivity index is 1.97. The Morgan fingerprint density at radius 3 is 2.52 bits per heavy atom. The first-order chi connectivity index (χ1) is 11.1. The number of aromatic nitrogens is 1. The fourth-order valence-corrected chi connectivity index (χ4v) is 4.12. The highest BCUT2D eigenvalue weighted by Crippen LogP contribution is 2.41. The molecule has 1 unspecified atom stereocenters. The van der Waals surface area contributed by atoms with E-state index in [1.807, 2.05) is 18.2 Å². The third kappa shape index (κ3) is 2.28. The lowest BCUT2D eigenvalue weighted by atomic mass is 9.79. The first-order valence-electron chi connectivity index (χ1n) is 7.96. The summed E-state index contributed by atoms with van der Waals surface area (Å²) in [6.07, 6.45) is 1.97. The molecule has 2 heterocycles. The molecular weight excluding hydrogens is 327 g/mol. The summed E-state index contributed by atoms with van der Waals surface area (Å²) in [5.41, 5.74) is 4.81. The van der Waals surface area contributed by atoms with Gasteiger partial charge in [0.2, 0.25) is 0 Å². The van der Waals surface area contributed by atoms with Gasteiger partial charge in [-0.15, -0.1) is 0 Å². The van der Waals surface area contributed by atoms with Crippen molar-refractivity contribution in [1.29, 1.82) is 0 Å². The van der Waals surface area contributed by atoms with Crippen LogP contribution >= 0.6 is 23.2 Å². The van der Waals surface area contributed by atoms with E-state index in [2.05, 4.69) is 41.5 Å². The summed E-state index contributed by atoms with van der Waals surface area (Å²) < 4.78 is 0. The predicted octanol–water partition coefficient (Wildman–Crippen LogP) is 5.27. The molecule has 23 heavy (non-hydrogen) atoms. The molecule has 1 aromatic heterocycles. The number of benzene rings is 2. The molecule has 0 saturated carbocycles. The number of hydrogen-bond acceptors (Lipinski definition) is 1. The van der Waals surface area contributed by atoms with Crippen LogP contribution < -0.4 is 5.32 Å². The molecule has 1 aliphatic rings. The van der Waals surface area contributed by atoms with Crippen LogP contribution in [0.5, 0.6) is 0 Å². The van der Waals surface area contributed by atoms with Crippen LogP contribution in [0.15, 0.2) is 42.5 Å². The van der Waals surface area contributed by atoms with Crippen LogP contribution in [0, 0.1) is 0 Å². The fraction of sp³-hybridized carbons (Fsp3) is 0.263. The van der Waals surface area contributed by atoms with Gasteiger partial charge in [0, 0.05) is 33.2 Å². The molecule has 2 aromatic carbocycles. The van der Waals surface area contributed by atoms with Gasteiger partial charge in [-0.1, -0.05) is 42.3 Å². The molecule has 4 heteroatoms. The van der Waals surface area contributed by atoms with Crippen LogP contribution in [0.1, 0.15) is 30.2 Å². The van der Waals surface area contributed by atoms with E-state index in [1.165, 1.54) is 22.2 Å². The molecule has 0 bridgehead atoms. The molecule has 0 spiro atoms. The quantitative estimate of drug-likeness (QED) is 0.650. The van der Waals surface area contributed by atoms with E-state index in [1.54, 1.807) is 0 Å². The van der Waals surface area contributed by atoms with Gasteiger partial charge in [0.25, 0.3) is 0 Å². The van der Waals surface area contributed by atoms with Crippen LogP contribution in [-0.4, -0.2) is 11.5 Å². The SMILES string of the molecule is CCC1(c2ccc(Cl)cc2)NCCc2c1[nH]c1ccc(Cl)cc21. The Bertz CT molecular complexity index is 867. The second kappa shape index (κ2) is 5.55. The van der Waals surface area contributed by atoms with Crippen molar-refractivity contribution in [1.82, 2.24) is 10.3 Å². The molecule has 0 radical (unpaired) electrons. The van der Waals surface area contributed by atoms with Crippen LogP contribution in [0.3, 0.4) is 0 Å². The fourth-order valence-electron chi connectivity index (χ4n) is 3.82. The van der Waals surface area contributed by atoms with Gasteiger partial charge >= 0.3 is 0 Å². The first kappa shape index (κ1) is 15.1. The zero-order chi connectivity index (χ0) is 16.0. The summed E-state index contributed by atoms with van der Waals surface area (Å²) in [5.74, 6) is 0. The first-order valence-corrected chi connectivity index (χ1v) is 8.71. The number of H-pyrrole nitrogens is 1. The molecule has 0 amide bonds. The van der Waals surface area contributed by atoms with Gasteiger partial charge in [-0.2, -0.15) is 0 Å². The van der Waals surface area contributed by atoms with Crippen molar-refractivity contribution in [3.63, 3.8) is 0 Å². The molecule has 1 atom stereocenters. The molecule has 0 aliphatic carbocycles. The molecule has 0 saturated heterocycles. The minimum absolute atomic E-state index is 0.205. The lowest BCUT2D eigenvalue weighted by Gasteiger charge is -2.38. The molecular formula is C19H18Cl2N2. The topological polar surface area (TPSA) is 27.8 Å². The standard InChI is InChI=1S/C19H18Cl2N2/c1-2-19(12-3-5-13(20)6-4-12)18-15(9-10-22-19)16-11-14(21)7-8-17(16)23-18/h3-8,11,22-23H,2,9-10H2,1H3. The van der Waals surface area contributed by atoms with E-state index in [9.17, 15) is 0 Å². The monoisotopic (exact) mass is 344 g/mol. The van der Waals surface area contributed by atoms with Crippen molar-refractivity contribution in [2.24, 2.45) is 0 Å². The van der Waals surface area contributed by atoms with Gasteiger partial charge in [-0.25, -0.2) is 0 Å². The van der Waals surface area contributed by atoms with Crippen molar-refractivity contribution in [3.8, 4) is 0 Å². The highest BCUT2D eigenvalue weighted by molar-refractivity contribution is 6.31. The Kier molecular flexibility index (Phi) is 3.64. The van der Waals surface area contributed by atoms with Crippen LogP contribution in [0.25, 0.3) is 10.9 Å². The summed E-state index contributed by atoms with van der Waals surface area (Å²) in [7, 11) is 0. The van der Waals surface area contributed by atoms with E-state index < -0.39 is 0 Å². The molecule has 3 aromatic rings. The minimum Gasteiger partial charge on any atom is -0.356 e. The summed E-state index contributed by atoms with van der Waals surface area (Å²) in [4.78, 5) is 3.64. The van der Waals surface area contributed by atoms with Crippen LogP contribution in [-0.2, 0) is 12.0 Å². The van der Waals surface area contributed by atoms with Crippen molar-refractivity contribution in [2.45, 2.75) is 25.3 Å². The zero-order valence-electron chi connectivity index (χ0n) is 12.9. The predicted molar refractivity (Wildman–Crippen MR) is 97.5 cm³/mol. The van der Waals surface area contributed by atoms with Crippen molar-refractivity contribution < 1.29 is 0 Å². The lowest BCUT2D eigenvalue weighted by Crippen LogP contribution is -2.47. The highest BCUT2D eigenvalue weighted by atomic mass is 35.5. The molecule has 2 nitrogen and oxygen atoms in total. The van der Waals surface area contributed by atoms with Gasteiger partial charge in [0.1, 0.15) is 0 Å². The molecule has 1 aliphatic heterocycles. The third-order valence-corrected chi connectivity index (χ3v) is 5.45. The van der Waals surface area contributed by atoms with E-state index in [0.29, 0.717) is 0 Å². The summed E-state index contributed by atoms with van der Waals surface area (Å²) in [6.45, 7) is 3.16. The normalized spacial score (nSPS) is 20.7. The second-order valence-electron chi connectivity index (χ2n) is 6.11. The Labute approximate surface area is 145 Å². The van der Waals surface area contributed by atoms with Crippen molar-refractivity contribution >= 4 is 34.1 Å². The Morgan fingerprint density at radius 1 is 1.04 bits per heavy atom. The minimum atomic E-state index is -0.205. The number of nitrogens with one attached hydrogen (secondary N) is 2. The van der Waals surface area contributed by atoms with Gasteiger partial charge in [0.05, 0.1) is 5.54 Å². The van der Waals surface area contributed by atoms with E-state index in [-0.39, 0.29) is 5.54 Å². The van der Waals surface area contributed by atoms with Crippen molar-refractivity contribution in [3.05, 3.63) is 69.3 Å². The van der Waals surface area contributed by atoms with Crippen LogP contribution in [0.4, 0.5) is 0 Å². The van der Waals surface area contributed by atoms with Gasteiger partial charge in [0.15, 0.2) is 0 Å². The average molecular weight is 345 g/mol. The Hall–Kier alpha value is -1.48. The third-order valence-electron chi connectivity index (χ3n) is 4.96. The number of rotatable bonds is 2. The highest BCUT2D eigenvalue weighted by Gasteiger charge is 2.38. The van der Waals surface area contributed by atoms with Crippen LogP contribution in [0.2, 0.25) is 10.0 Å². The number of halogens is 2. The maximum Gasteiger partial charge on any atom is 0.0842 e. The molecule has 4 rings (SSSR count). The van der Waals surface area contributed by atoms with Crippen molar-refractivity contribution in [2.75, 3.05) is 6.54 Å². The van der Waals surface area contributed by atoms with Gasteiger partial charge < -0.3 is 10.3 Å². The van der Waals surface area contributed by atoms with Gasteiger partial charge in [-0.05, 0) is 54.3 Å². The number of fused-ring (bicyclic) bond motifs is 3. The smallest absolute Gasteiger partial charge is 0.0842 e. The Morgan fingerprint density at radius 2 is 1.78 bits per heavy atom. The summed E-state index contributed by atoms with van der Waals surface area (Å²) >= 11 is 12.3. The molecule has 118 valence electrons.